The topological polar surface area (TPSA) is 49.3 Å². The van der Waals surface area contributed by atoms with Crippen LogP contribution in [0.15, 0.2) is 11.4 Å². The molecule has 1 saturated carbocycles. The molecule has 1 heterocycles. The third-order valence-corrected chi connectivity index (χ3v) is 4.37. The van der Waals surface area contributed by atoms with Crippen LogP contribution in [0.25, 0.3) is 0 Å². The first-order valence-corrected chi connectivity index (χ1v) is 6.92. The number of hydrogen-bond acceptors (Lipinski definition) is 3. The molecule has 0 spiro atoms. The Labute approximate surface area is 106 Å². The lowest BCUT2D eigenvalue weighted by molar-refractivity contribution is 0.0938. The number of hydrogen-bond donors (Lipinski definition) is 2. The maximum absolute atomic E-state index is 12.0. The Balaban J connectivity index is 1.97. The van der Waals surface area contributed by atoms with Gasteiger partial charge in [0.05, 0.1) is 11.5 Å². The van der Waals surface area contributed by atoms with Crippen LogP contribution in [0, 0.1) is 5.41 Å². The lowest BCUT2D eigenvalue weighted by Gasteiger charge is -2.13. The van der Waals surface area contributed by atoms with E-state index in [0.717, 1.165) is 23.3 Å². The van der Waals surface area contributed by atoms with Gasteiger partial charge in [-0.1, -0.05) is 13.8 Å². The second-order valence-electron chi connectivity index (χ2n) is 5.20. The monoisotopic (exact) mass is 253 g/mol. The molecule has 1 aromatic heterocycles. The summed E-state index contributed by atoms with van der Waals surface area (Å²) in [6, 6.07) is 2.02. The van der Waals surface area contributed by atoms with E-state index in [1.54, 1.807) is 0 Å². The summed E-state index contributed by atoms with van der Waals surface area (Å²) in [7, 11) is 0. The highest BCUT2D eigenvalue weighted by Gasteiger charge is 2.42. The largest absolute Gasteiger partial charge is 0.396 e. The third-order valence-electron chi connectivity index (χ3n) is 3.44. The third kappa shape index (κ3) is 2.69. The van der Waals surface area contributed by atoms with E-state index in [0.29, 0.717) is 12.5 Å². The van der Waals surface area contributed by atoms with Crippen molar-refractivity contribution in [1.82, 2.24) is 5.32 Å². The van der Waals surface area contributed by atoms with Gasteiger partial charge in [0, 0.05) is 12.0 Å². The number of aliphatic hydroxyl groups is 1. The Morgan fingerprint density at radius 1 is 1.59 bits per heavy atom. The van der Waals surface area contributed by atoms with Gasteiger partial charge in [-0.2, -0.15) is 0 Å². The maximum Gasteiger partial charge on any atom is 0.261 e. The Morgan fingerprint density at radius 2 is 2.29 bits per heavy atom. The lowest BCUT2D eigenvalue weighted by atomic mass is 10.0. The van der Waals surface area contributed by atoms with Crippen molar-refractivity contribution in [3.63, 3.8) is 0 Å². The minimum absolute atomic E-state index is 0.00317. The Bertz CT molecular complexity index is 407. The van der Waals surface area contributed by atoms with Gasteiger partial charge in [-0.3, -0.25) is 4.79 Å². The smallest absolute Gasteiger partial charge is 0.261 e. The molecule has 94 valence electrons. The van der Waals surface area contributed by atoms with Gasteiger partial charge in [0.1, 0.15) is 0 Å². The molecule has 0 atom stereocenters. The summed E-state index contributed by atoms with van der Waals surface area (Å²) in [6.07, 6.45) is 2.04. The SMILES string of the molecule is CC(C)c1ccsc1C(=O)NCC1(CO)CC1. The van der Waals surface area contributed by atoms with Crippen LogP contribution in [0.1, 0.15) is 47.8 Å². The van der Waals surface area contributed by atoms with Crippen molar-refractivity contribution in [3.05, 3.63) is 21.9 Å². The number of amides is 1. The molecule has 0 unspecified atom stereocenters. The predicted octanol–water partition coefficient (Wildman–Crippen LogP) is 2.37. The molecule has 1 aliphatic rings. The molecular weight excluding hydrogens is 234 g/mol. The van der Waals surface area contributed by atoms with Crippen LogP contribution in [0.3, 0.4) is 0 Å². The molecular formula is C13H19NO2S. The normalized spacial score (nSPS) is 17.2. The van der Waals surface area contributed by atoms with Crippen molar-refractivity contribution in [2.45, 2.75) is 32.6 Å². The van der Waals surface area contributed by atoms with E-state index in [-0.39, 0.29) is 17.9 Å². The van der Waals surface area contributed by atoms with Crippen LogP contribution in [-0.2, 0) is 0 Å². The van der Waals surface area contributed by atoms with Crippen LogP contribution in [0.5, 0.6) is 0 Å². The van der Waals surface area contributed by atoms with E-state index in [9.17, 15) is 9.90 Å². The Morgan fingerprint density at radius 3 is 2.82 bits per heavy atom. The van der Waals surface area contributed by atoms with Gasteiger partial charge in [-0.05, 0) is 35.8 Å². The molecule has 1 aromatic rings. The number of carbonyl (C=O) groups excluding carboxylic acids is 1. The summed E-state index contributed by atoms with van der Waals surface area (Å²) in [5.41, 5.74) is 1.09. The summed E-state index contributed by atoms with van der Waals surface area (Å²) in [5, 5.41) is 14.1. The van der Waals surface area contributed by atoms with Crippen LogP contribution in [0.4, 0.5) is 0 Å². The Kier molecular flexibility index (Phi) is 3.54. The molecule has 2 rings (SSSR count). The van der Waals surface area contributed by atoms with Gasteiger partial charge in [0.25, 0.3) is 5.91 Å². The molecule has 0 bridgehead atoms. The first kappa shape index (κ1) is 12.6. The zero-order valence-corrected chi connectivity index (χ0v) is 11.1. The van der Waals surface area contributed by atoms with Crippen LogP contribution in [0.2, 0.25) is 0 Å². The molecule has 4 heteroatoms. The van der Waals surface area contributed by atoms with E-state index in [4.69, 9.17) is 0 Å². The molecule has 0 aromatic carbocycles. The summed E-state index contributed by atoms with van der Waals surface area (Å²) in [5.74, 6) is 0.373. The standard InChI is InChI=1S/C13H19NO2S/c1-9(2)10-3-6-17-11(10)12(16)14-7-13(8-15)4-5-13/h3,6,9,15H,4-5,7-8H2,1-2H3,(H,14,16). The van der Waals surface area contributed by atoms with Crippen molar-refractivity contribution in [2.24, 2.45) is 5.41 Å². The van der Waals surface area contributed by atoms with Crippen molar-refractivity contribution < 1.29 is 9.90 Å². The van der Waals surface area contributed by atoms with Gasteiger partial charge in [-0.15, -0.1) is 11.3 Å². The van der Waals surface area contributed by atoms with Crippen molar-refractivity contribution in [1.29, 1.82) is 0 Å². The van der Waals surface area contributed by atoms with Crippen LogP contribution < -0.4 is 5.32 Å². The van der Waals surface area contributed by atoms with Gasteiger partial charge in [0.15, 0.2) is 0 Å². The summed E-state index contributed by atoms with van der Waals surface area (Å²) in [4.78, 5) is 12.9. The minimum atomic E-state index is -0.0229. The first-order valence-electron chi connectivity index (χ1n) is 6.04. The maximum atomic E-state index is 12.0. The zero-order chi connectivity index (χ0) is 12.5. The molecule has 1 amide bonds. The van der Waals surface area contributed by atoms with E-state index >= 15 is 0 Å². The second-order valence-corrected chi connectivity index (χ2v) is 6.12. The molecule has 17 heavy (non-hydrogen) atoms. The highest BCUT2D eigenvalue weighted by molar-refractivity contribution is 7.12. The molecule has 0 saturated heterocycles. The van der Waals surface area contributed by atoms with Gasteiger partial charge >= 0.3 is 0 Å². The predicted molar refractivity (Wildman–Crippen MR) is 69.5 cm³/mol. The van der Waals surface area contributed by atoms with Crippen molar-refractivity contribution >= 4 is 17.2 Å². The summed E-state index contributed by atoms with van der Waals surface area (Å²) >= 11 is 1.49. The van der Waals surface area contributed by atoms with Crippen molar-refractivity contribution in [3.8, 4) is 0 Å². The molecule has 0 aliphatic heterocycles. The van der Waals surface area contributed by atoms with Gasteiger partial charge < -0.3 is 10.4 Å². The highest BCUT2D eigenvalue weighted by atomic mass is 32.1. The number of carbonyl (C=O) groups is 1. The molecule has 1 fully saturated rings. The number of rotatable bonds is 5. The average Bonchev–Trinajstić information content (AvgIpc) is 2.91. The van der Waals surface area contributed by atoms with Gasteiger partial charge in [-0.25, -0.2) is 0 Å². The second kappa shape index (κ2) is 4.78. The zero-order valence-electron chi connectivity index (χ0n) is 10.3. The van der Waals surface area contributed by atoms with E-state index < -0.39 is 0 Å². The average molecular weight is 253 g/mol. The first-order chi connectivity index (χ1) is 8.08. The highest BCUT2D eigenvalue weighted by Crippen LogP contribution is 2.44. The van der Waals surface area contributed by atoms with Crippen LogP contribution in [-0.4, -0.2) is 24.2 Å². The fraction of sp³-hybridized carbons (Fsp3) is 0.615. The molecule has 2 N–H and O–H groups in total. The van der Waals surface area contributed by atoms with E-state index in [2.05, 4.69) is 19.2 Å². The molecule has 3 nitrogen and oxygen atoms in total. The van der Waals surface area contributed by atoms with E-state index in [1.165, 1.54) is 11.3 Å². The van der Waals surface area contributed by atoms with E-state index in [1.807, 2.05) is 11.4 Å². The fourth-order valence-corrected chi connectivity index (χ4v) is 2.84. The fourth-order valence-electron chi connectivity index (χ4n) is 1.87. The summed E-state index contributed by atoms with van der Waals surface area (Å²) < 4.78 is 0. The summed E-state index contributed by atoms with van der Waals surface area (Å²) in [6.45, 7) is 4.95. The Hall–Kier alpha value is -0.870. The number of nitrogens with one attached hydrogen (secondary N) is 1. The van der Waals surface area contributed by atoms with Crippen molar-refractivity contribution in [2.75, 3.05) is 13.2 Å². The van der Waals surface area contributed by atoms with Gasteiger partial charge in [0.2, 0.25) is 0 Å². The number of aliphatic hydroxyl groups excluding tert-OH is 1. The molecule has 1 aliphatic carbocycles. The number of thiophene rings is 1. The minimum Gasteiger partial charge on any atom is -0.396 e. The molecule has 0 radical (unpaired) electrons. The van der Waals surface area contributed by atoms with Crippen LogP contribution >= 0.6 is 11.3 Å². The lowest BCUT2D eigenvalue weighted by Crippen LogP contribution is -2.31. The quantitative estimate of drug-likeness (QED) is 0.846.